The Morgan fingerprint density at radius 1 is 1.12 bits per heavy atom. The van der Waals surface area contributed by atoms with E-state index in [1.54, 1.807) is 6.08 Å². The number of amides is 2. The normalized spacial score (nSPS) is 20.4. The Bertz CT molecular complexity index is 834. The summed E-state index contributed by atoms with van der Waals surface area (Å²) in [4.78, 5) is 26.0. The molecule has 6 heteroatoms. The van der Waals surface area contributed by atoms with E-state index in [1.165, 1.54) is 31.4 Å². The molecule has 3 heterocycles. The first-order chi connectivity index (χ1) is 11.7. The third kappa shape index (κ3) is 2.99. The first-order valence-electron chi connectivity index (χ1n) is 8.26. The number of nitrogens with one attached hydrogen (secondary N) is 1. The zero-order chi connectivity index (χ0) is 16.5. The minimum atomic E-state index is -0.310. The van der Waals surface area contributed by atoms with Crippen molar-refractivity contribution in [2.24, 2.45) is 0 Å². The molecule has 2 aliphatic rings. The Kier molecular flexibility index (Phi) is 4.16. The van der Waals surface area contributed by atoms with Crippen molar-refractivity contribution in [2.45, 2.75) is 19.4 Å². The van der Waals surface area contributed by atoms with Crippen LogP contribution in [0.25, 0.3) is 17.0 Å². The van der Waals surface area contributed by atoms with Gasteiger partial charge in [-0.2, -0.15) is 0 Å². The summed E-state index contributed by atoms with van der Waals surface area (Å²) in [6, 6.07) is 8.18. The van der Waals surface area contributed by atoms with Crippen molar-refractivity contribution in [1.29, 1.82) is 0 Å². The second-order valence-electron chi connectivity index (χ2n) is 6.19. The van der Waals surface area contributed by atoms with E-state index in [0.29, 0.717) is 4.91 Å². The van der Waals surface area contributed by atoms with Crippen molar-refractivity contribution in [1.82, 2.24) is 14.8 Å². The van der Waals surface area contributed by atoms with E-state index in [1.807, 2.05) is 12.1 Å². The van der Waals surface area contributed by atoms with Gasteiger partial charge in [-0.1, -0.05) is 12.1 Å². The molecule has 5 nitrogen and oxygen atoms in total. The second kappa shape index (κ2) is 6.45. The van der Waals surface area contributed by atoms with Crippen molar-refractivity contribution in [2.75, 3.05) is 19.6 Å². The minimum absolute atomic E-state index is 0.304. The Hall–Kier alpha value is -2.05. The van der Waals surface area contributed by atoms with Crippen LogP contribution in [0, 0.1) is 0 Å². The Labute approximate surface area is 144 Å². The van der Waals surface area contributed by atoms with Crippen LogP contribution in [0.4, 0.5) is 4.79 Å². The fraction of sp³-hybridized carbons (Fsp3) is 0.333. The molecule has 0 aliphatic carbocycles. The molecule has 0 atom stereocenters. The van der Waals surface area contributed by atoms with Crippen molar-refractivity contribution >= 4 is 39.9 Å². The molecule has 124 valence electrons. The van der Waals surface area contributed by atoms with Gasteiger partial charge in [0.1, 0.15) is 0 Å². The second-order valence-corrected chi connectivity index (χ2v) is 7.20. The van der Waals surface area contributed by atoms with Crippen molar-refractivity contribution in [3.05, 3.63) is 40.9 Å². The van der Waals surface area contributed by atoms with Gasteiger partial charge in [0.25, 0.3) is 11.1 Å². The van der Waals surface area contributed by atoms with Crippen LogP contribution in [0.1, 0.15) is 18.4 Å². The lowest BCUT2D eigenvalue weighted by Gasteiger charge is -2.15. The highest BCUT2D eigenvalue weighted by molar-refractivity contribution is 8.18. The minimum Gasteiger partial charge on any atom is -0.346 e. The zero-order valence-corrected chi connectivity index (χ0v) is 14.1. The fourth-order valence-electron chi connectivity index (χ4n) is 3.39. The highest BCUT2D eigenvalue weighted by atomic mass is 32.2. The van der Waals surface area contributed by atoms with Gasteiger partial charge >= 0.3 is 0 Å². The summed E-state index contributed by atoms with van der Waals surface area (Å²) < 4.78 is 2.27. The van der Waals surface area contributed by atoms with Gasteiger partial charge in [0.2, 0.25) is 0 Å². The van der Waals surface area contributed by atoms with Crippen LogP contribution in [-0.4, -0.2) is 40.2 Å². The number of thioether (sulfide) groups is 1. The van der Waals surface area contributed by atoms with Gasteiger partial charge in [-0.3, -0.25) is 14.9 Å². The summed E-state index contributed by atoms with van der Waals surface area (Å²) in [5.41, 5.74) is 2.14. The molecule has 2 amide bonds. The molecule has 0 saturated carbocycles. The molecule has 0 spiro atoms. The third-order valence-electron chi connectivity index (χ3n) is 4.63. The van der Waals surface area contributed by atoms with Gasteiger partial charge < -0.3 is 9.47 Å². The summed E-state index contributed by atoms with van der Waals surface area (Å²) >= 11 is 0.959. The maximum Gasteiger partial charge on any atom is 0.290 e. The number of likely N-dealkylation sites (tertiary alicyclic amines) is 1. The number of hydrogen-bond donors (Lipinski definition) is 1. The zero-order valence-electron chi connectivity index (χ0n) is 13.3. The molecular formula is C18H19N3O2S. The van der Waals surface area contributed by atoms with Gasteiger partial charge in [-0.05, 0) is 61.5 Å². The lowest BCUT2D eigenvalue weighted by Crippen LogP contribution is -2.23. The van der Waals surface area contributed by atoms with Crippen molar-refractivity contribution < 1.29 is 9.59 Å². The van der Waals surface area contributed by atoms with Crippen LogP contribution in [0.3, 0.4) is 0 Å². The third-order valence-corrected chi connectivity index (χ3v) is 5.44. The molecule has 4 rings (SSSR count). The van der Waals surface area contributed by atoms with Crippen LogP contribution in [0.5, 0.6) is 0 Å². The summed E-state index contributed by atoms with van der Waals surface area (Å²) in [5.74, 6) is -0.310. The average Bonchev–Trinajstić information content (AvgIpc) is 3.27. The van der Waals surface area contributed by atoms with E-state index in [9.17, 15) is 9.59 Å². The Balaban J connectivity index is 1.60. The average molecular weight is 341 g/mol. The van der Waals surface area contributed by atoms with Gasteiger partial charge in [-0.15, -0.1) is 0 Å². The van der Waals surface area contributed by atoms with Gasteiger partial charge in [-0.25, -0.2) is 0 Å². The Morgan fingerprint density at radius 3 is 2.71 bits per heavy atom. The first-order valence-corrected chi connectivity index (χ1v) is 9.07. The van der Waals surface area contributed by atoms with E-state index in [4.69, 9.17) is 0 Å². The number of fused-ring (bicyclic) bond motifs is 1. The fourth-order valence-corrected chi connectivity index (χ4v) is 4.06. The molecule has 0 bridgehead atoms. The highest BCUT2D eigenvalue weighted by Crippen LogP contribution is 2.29. The van der Waals surface area contributed by atoms with Crippen LogP contribution < -0.4 is 5.32 Å². The first kappa shape index (κ1) is 15.5. The van der Waals surface area contributed by atoms with E-state index in [-0.39, 0.29) is 11.1 Å². The summed E-state index contributed by atoms with van der Waals surface area (Å²) in [6.45, 7) is 4.45. The van der Waals surface area contributed by atoms with Gasteiger partial charge in [0, 0.05) is 30.2 Å². The molecule has 1 aromatic heterocycles. The highest BCUT2D eigenvalue weighted by Gasteiger charge is 2.25. The number of aromatic nitrogens is 1. The van der Waals surface area contributed by atoms with Crippen molar-refractivity contribution in [3.8, 4) is 0 Å². The molecule has 0 unspecified atom stereocenters. The number of rotatable bonds is 4. The Morgan fingerprint density at radius 2 is 1.96 bits per heavy atom. The molecule has 0 radical (unpaired) electrons. The van der Waals surface area contributed by atoms with Crippen LogP contribution in [-0.2, 0) is 11.3 Å². The molecule has 2 aromatic rings. The quantitative estimate of drug-likeness (QED) is 0.869. The molecule has 24 heavy (non-hydrogen) atoms. The molecule has 1 aromatic carbocycles. The standard InChI is InChI=1S/C18H19N3O2S/c22-17-16(24-18(23)19-17)12-13-4-3-5-15-14(13)6-9-21(15)11-10-20-7-1-2-8-20/h3-6,9,12H,1-2,7-8,10-11H2,(H,19,22,23). The summed E-state index contributed by atoms with van der Waals surface area (Å²) in [7, 11) is 0. The molecular weight excluding hydrogens is 322 g/mol. The van der Waals surface area contributed by atoms with Gasteiger partial charge in [0.15, 0.2) is 0 Å². The maximum atomic E-state index is 11.7. The molecule has 2 aliphatic heterocycles. The van der Waals surface area contributed by atoms with Gasteiger partial charge in [0.05, 0.1) is 4.91 Å². The smallest absolute Gasteiger partial charge is 0.290 e. The summed E-state index contributed by atoms with van der Waals surface area (Å²) in [5, 5.41) is 3.10. The van der Waals surface area contributed by atoms with E-state index >= 15 is 0 Å². The largest absolute Gasteiger partial charge is 0.346 e. The maximum absolute atomic E-state index is 11.7. The van der Waals surface area contributed by atoms with E-state index < -0.39 is 0 Å². The number of nitrogens with zero attached hydrogens (tertiary/aromatic N) is 2. The SMILES string of the molecule is O=C1NC(=O)C(=Cc2cccc3c2ccn3CCN2CCCC2)S1. The predicted octanol–water partition coefficient (Wildman–Crippen LogP) is 3.06. The van der Waals surface area contributed by atoms with Crippen LogP contribution in [0.15, 0.2) is 35.4 Å². The number of benzene rings is 1. The molecule has 2 fully saturated rings. The molecule has 1 N–H and O–H groups in total. The lowest BCUT2D eigenvalue weighted by atomic mass is 10.1. The van der Waals surface area contributed by atoms with E-state index in [0.717, 1.165) is 35.8 Å². The van der Waals surface area contributed by atoms with E-state index in [2.05, 4.69) is 33.1 Å². The van der Waals surface area contributed by atoms with Crippen LogP contribution in [0.2, 0.25) is 0 Å². The number of carbonyl (C=O) groups is 2. The molecule has 2 saturated heterocycles. The van der Waals surface area contributed by atoms with Crippen molar-refractivity contribution in [3.63, 3.8) is 0 Å². The monoisotopic (exact) mass is 341 g/mol. The predicted molar refractivity (Wildman–Crippen MR) is 96.7 cm³/mol. The topological polar surface area (TPSA) is 54.3 Å². The number of carbonyl (C=O) groups excluding carboxylic acids is 2. The number of imide groups is 1. The van der Waals surface area contributed by atoms with Crippen LogP contribution >= 0.6 is 11.8 Å². The number of hydrogen-bond acceptors (Lipinski definition) is 4. The lowest BCUT2D eigenvalue weighted by molar-refractivity contribution is -0.115. The summed E-state index contributed by atoms with van der Waals surface area (Å²) in [6.07, 6.45) is 6.53.